The SMILES string of the molecule is COc1ccc(Cl)cc1NC(=O)c1nnn(CC(=O)Nc2cc(Cl)ccc2C)c1N. The molecule has 0 fully saturated rings. The second-order valence-corrected chi connectivity index (χ2v) is 7.16. The zero-order chi connectivity index (χ0) is 21.8. The molecule has 0 bridgehead atoms. The van der Waals surface area contributed by atoms with Crippen LogP contribution >= 0.6 is 23.2 Å². The Labute approximate surface area is 182 Å². The Morgan fingerprint density at radius 3 is 2.47 bits per heavy atom. The van der Waals surface area contributed by atoms with Gasteiger partial charge < -0.3 is 21.1 Å². The largest absolute Gasteiger partial charge is 0.495 e. The van der Waals surface area contributed by atoms with Crippen molar-refractivity contribution in [2.45, 2.75) is 13.5 Å². The molecule has 0 spiro atoms. The van der Waals surface area contributed by atoms with Gasteiger partial charge in [0.05, 0.1) is 12.8 Å². The molecule has 0 saturated carbocycles. The lowest BCUT2D eigenvalue weighted by Gasteiger charge is -2.10. The number of carbonyl (C=O) groups excluding carboxylic acids is 2. The van der Waals surface area contributed by atoms with E-state index >= 15 is 0 Å². The predicted molar refractivity (Wildman–Crippen MR) is 115 cm³/mol. The maximum atomic E-state index is 12.6. The maximum Gasteiger partial charge on any atom is 0.280 e. The van der Waals surface area contributed by atoms with Crippen LogP contribution in [0.5, 0.6) is 5.75 Å². The smallest absolute Gasteiger partial charge is 0.280 e. The maximum absolute atomic E-state index is 12.6. The molecule has 1 aromatic heterocycles. The van der Waals surface area contributed by atoms with Crippen LogP contribution in [0.15, 0.2) is 36.4 Å². The zero-order valence-corrected chi connectivity index (χ0v) is 17.6. The first-order chi connectivity index (χ1) is 14.3. The monoisotopic (exact) mass is 448 g/mol. The number of carbonyl (C=O) groups is 2. The van der Waals surface area contributed by atoms with Crippen molar-refractivity contribution in [1.29, 1.82) is 0 Å². The van der Waals surface area contributed by atoms with Crippen LogP contribution in [-0.2, 0) is 11.3 Å². The lowest BCUT2D eigenvalue weighted by atomic mass is 10.2. The molecule has 2 aromatic carbocycles. The fraction of sp³-hybridized carbons (Fsp3) is 0.158. The molecule has 156 valence electrons. The predicted octanol–water partition coefficient (Wildman–Crippen LogP) is 3.38. The van der Waals surface area contributed by atoms with E-state index in [0.717, 1.165) is 10.2 Å². The Bertz CT molecular complexity index is 1120. The number of nitrogens with one attached hydrogen (secondary N) is 2. The van der Waals surface area contributed by atoms with Crippen LogP contribution in [0.1, 0.15) is 16.1 Å². The summed E-state index contributed by atoms with van der Waals surface area (Å²) in [7, 11) is 1.46. The van der Waals surface area contributed by atoms with E-state index in [1.807, 2.05) is 6.92 Å². The Morgan fingerprint density at radius 2 is 1.77 bits per heavy atom. The van der Waals surface area contributed by atoms with Gasteiger partial charge in [-0.15, -0.1) is 5.10 Å². The van der Waals surface area contributed by atoms with Crippen LogP contribution in [0.2, 0.25) is 10.0 Å². The molecule has 3 aromatic rings. The molecular formula is C19H18Cl2N6O3. The number of ether oxygens (including phenoxy) is 1. The molecule has 2 amide bonds. The van der Waals surface area contributed by atoms with Crippen molar-refractivity contribution in [2.24, 2.45) is 0 Å². The van der Waals surface area contributed by atoms with Gasteiger partial charge in [0, 0.05) is 15.7 Å². The normalized spacial score (nSPS) is 10.5. The van der Waals surface area contributed by atoms with Crippen molar-refractivity contribution >= 4 is 52.2 Å². The second-order valence-electron chi connectivity index (χ2n) is 6.29. The molecule has 0 unspecified atom stereocenters. The topological polar surface area (TPSA) is 124 Å². The number of halogens is 2. The summed E-state index contributed by atoms with van der Waals surface area (Å²) >= 11 is 11.9. The second kappa shape index (κ2) is 9.02. The summed E-state index contributed by atoms with van der Waals surface area (Å²) in [5.41, 5.74) is 7.59. The molecule has 3 rings (SSSR count). The lowest BCUT2D eigenvalue weighted by Crippen LogP contribution is -2.22. The third-order valence-corrected chi connectivity index (χ3v) is 4.64. The van der Waals surface area contributed by atoms with Crippen LogP contribution in [0, 0.1) is 6.92 Å². The number of nitrogens with two attached hydrogens (primary N) is 1. The van der Waals surface area contributed by atoms with Crippen LogP contribution in [-0.4, -0.2) is 33.9 Å². The quantitative estimate of drug-likeness (QED) is 0.530. The van der Waals surface area contributed by atoms with Gasteiger partial charge >= 0.3 is 0 Å². The summed E-state index contributed by atoms with van der Waals surface area (Å²) in [4.78, 5) is 24.9. The van der Waals surface area contributed by atoms with Gasteiger partial charge in [-0.2, -0.15) is 0 Å². The minimum Gasteiger partial charge on any atom is -0.495 e. The highest BCUT2D eigenvalue weighted by atomic mass is 35.5. The average molecular weight is 449 g/mol. The number of hydrogen-bond donors (Lipinski definition) is 3. The highest BCUT2D eigenvalue weighted by molar-refractivity contribution is 6.31. The van der Waals surface area contributed by atoms with Gasteiger partial charge in [0.2, 0.25) is 5.91 Å². The number of nitrogen functional groups attached to an aromatic ring is 1. The molecule has 0 saturated heterocycles. The van der Waals surface area contributed by atoms with Crippen molar-refractivity contribution < 1.29 is 14.3 Å². The fourth-order valence-electron chi connectivity index (χ4n) is 2.61. The van der Waals surface area contributed by atoms with E-state index in [1.165, 1.54) is 13.2 Å². The Hall–Kier alpha value is -3.30. The van der Waals surface area contributed by atoms with Crippen LogP contribution in [0.4, 0.5) is 17.2 Å². The minimum absolute atomic E-state index is 0.0635. The number of methoxy groups -OCH3 is 1. The van der Waals surface area contributed by atoms with Gasteiger partial charge in [0.1, 0.15) is 12.3 Å². The lowest BCUT2D eigenvalue weighted by molar-refractivity contribution is -0.116. The first-order valence-electron chi connectivity index (χ1n) is 8.68. The summed E-state index contributed by atoms with van der Waals surface area (Å²) < 4.78 is 6.32. The zero-order valence-electron chi connectivity index (χ0n) is 16.1. The molecular weight excluding hydrogens is 431 g/mol. The van der Waals surface area contributed by atoms with Crippen molar-refractivity contribution in [1.82, 2.24) is 15.0 Å². The highest BCUT2D eigenvalue weighted by Crippen LogP contribution is 2.28. The molecule has 0 atom stereocenters. The molecule has 0 aliphatic heterocycles. The average Bonchev–Trinajstić information content (AvgIpc) is 3.05. The van der Waals surface area contributed by atoms with Gasteiger partial charge in [-0.25, -0.2) is 4.68 Å². The Kier molecular flexibility index (Phi) is 6.43. The van der Waals surface area contributed by atoms with Crippen LogP contribution in [0.25, 0.3) is 0 Å². The summed E-state index contributed by atoms with van der Waals surface area (Å²) in [5.74, 6) is -0.674. The van der Waals surface area contributed by atoms with Gasteiger partial charge in [0.25, 0.3) is 5.91 Å². The number of amides is 2. The number of hydrogen-bond acceptors (Lipinski definition) is 6. The number of benzene rings is 2. The van der Waals surface area contributed by atoms with Crippen molar-refractivity contribution in [2.75, 3.05) is 23.5 Å². The summed E-state index contributed by atoms with van der Waals surface area (Å²) in [6, 6.07) is 9.91. The first kappa shape index (κ1) is 21.4. The number of anilines is 3. The Balaban J connectivity index is 1.72. The highest BCUT2D eigenvalue weighted by Gasteiger charge is 2.20. The molecule has 0 radical (unpaired) electrons. The molecule has 11 heteroatoms. The number of aryl methyl sites for hydroxylation is 1. The third-order valence-electron chi connectivity index (χ3n) is 4.17. The number of rotatable bonds is 6. The molecule has 4 N–H and O–H groups in total. The molecule has 30 heavy (non-hydrogen) atoms. The van der Waals surface area contributed by atoms with E-state index in [1.54, 1.807) is 30.3 Å². The van der Waals surface area contributed by atoms with E-state index in [-0.39, 0.29) is 18.1 Å². The van der Waals surface area contributed by atoms with E-state index in [2.05, 4.69) is 20.9 Å². The van der Waals surface area contributed by atoms with Crippen molar-refractivity contribution in [3.05, 3.63) is 57.7 Å². The van der Waals surface area contributed by atoms with E-state index in [4.69, 9.17) is 33.7 Å². The fourth-order valence-corrected chi connectivity index (χ4v) is 2.96. The van der Waals surface area contributed by atoms with E-state index < -0.39 is 11.8 Å². The van der Waals surface area contributed by atoms with Gasteiger partial charge in [-0.3, -0.25) is 9.59 Å². The third kappa shape index (κ3) is 4.81. The summed E-state index contributed by atoms with van der Waals surface area (Å²) in [6.45, 7) is 1.60. The van der Waals surface area contributed by atoms with Crippen LogP contribution in [0.3, 0.4) is 0 Å². The van der Waals surface area contributed by atoms with E-state index in [9.17, 15) is 9.59 Å². The number of nitrogens with zero attached hydrogens (tertiary/aromatic N) is 3. The number of aromatic nitrogens is 3. The standard InChI is InChI=1S/C19H18Cl2N6O3/c1-10-3-4-11(20)7-13(10)23-16(28)9-27-18(22)17(25-26-27)19(29)24-14-8-12(21)5-6-15(14)30-2/h3-8H,9,22H2,1-2H3,(H,23,28)(H,24,29). The van der Waals surface area contributed by atoms with Gasteiger partial charge in [-0.1, -0.05) is 34.5 Å². The molecule has 0 aliphatic carbocycles. The minimum atomic E-state index is -0.620. The molecule has 0 aliphatic rings. The van der Waals surface area contributed by atoms with Gasteiger partial charge in [-0.05, 0) is 42.8 Å². The van der Waals surface area contributed by atoms with Crippen molar-refractivity contribution in [3.8, 4) is 5.75 Å². The van der Waals surface area contributed by atoms with Crippen molar-refractivity contribution in [3.63, 3.8) is 0 Å². The van der Waals surface area contributed by atoms with E-state index in [0.29, 0.717) is 27.2 Å². The Morgan fingerprint density at radius 1 is 1.10 bits per heavy atom. The first-order valence-corrected chi connectivity index (χ1v) is 9.44. The van der Waals surface area contributed by atoms with Crippen LogP contribution < -0.4 is 21.1 Å². The summed E-state index contributed by atoms with van der Waals surface area (Å²) in [6.07, 6.45) is 0. The summed E-state index contributed by atoms with van der Waals surface area (Å²) in [5, 5.41) is 13.8. The molecule has 9 nitrogen and oxygen atoms in total. The molecule has 1 heterocycles. The van der Waals surface area contributed by atoms with Gasteiger partial charge in [0.15, 0.2) is 11.5 Å².